The van der Waals surface area contributed by atoms with E-state index in [0.717, 1.165) is 22.6 Å². The van der Waals surface area contributed by atoms with E-state index in [1.54, 1.807) is 0 Å². The van der Waals surface area contributed by atoms with Crippen LogP contribution < -0.4 is 4.73 Å². The molecule has 0 bridgehead atoms. The lowest BCUT2D eigenvalue weighted by Gasteiger charge is -2.04. The second-order valence-electron chi connectivity index (χ2n) is 3.36. The Bertz CT molecular complexity index is 641. The fourth-order valence-electron chi connectivity index (χ4n) is 1.10. The molecule has 0 radical (unpaired) electrons. The summed E-state index contributed by atoms with van der Waals surface area (Å²) in [7, 11) is 0. The van der Waals surface area contributed by atoms with E-state index in [1.807, 2.05) is 0 Å². The third-order valence-corrected chi connectivity index (χ3v) is 2.97. The molecule has 0 fully saturated rings. The standard InChI is InChI=1S/C7HF4IO2.C4H4N2O/c8-2-1(7(13)14)3(9)5(11)6(12)4(2)10;7-6-3-1-5-2-4-6/h(H,13,14);1-4H. The number of hydrogen-bond acceptors (Lipinski definition) is 3. The SMILES string of the molecule is O=C(O)c1c(F)c(F)c(I)c(F)c1F.[O-][n+]1ccncc1. The van der Waals surface area contributed by atoms with Gasteiger partial charge in [-0.15, -0.1) is 0 Å². The van der Waals surface area contributed by atoms with E-state index in [4.69, 9.17) is 5.11 Å². The zero-order valence-corrected chi connectivity index (χ0v) is 12.0. The van der Waals surface area contributed by atoms with Crippen LogP contribution in [0.1, 0.15) is 10.4 Å². The fourth-order valence-corrected chi connectivity index (χ4v) is 1.57. The molecule has 1 aromatic carbocycles. The summed E-state index contributed by atoms with van der Waals surface area (Å²) < 4.78 is 50.8. The number of benzene rings is 1. The van der Waals surface area contributed by atoms with Gasteiger partial charge in [0.25, 0.3) is 0 Å². The van der Waals surface area contributed by atoms with Crippen LogP contribution in [0.5, 0.6) is 0 Å². The van der Waals surface area contributed by atoms with Crippen molar-refractivity contribution in [1.82, 2.24) is 4.98 Å². The number of halogens is 5. The van der Waals surface area contributed by atoms with Gasteiger partial charge in [-0.3, -0.25) is 4.98 Å². The zero-order chi connectivity index (χ0) is 16.2. The molecule has 0 spiro atoms. The molecule has 2 rings (SSSR count). The van der Waals surface area contributed by atoms with E-state index < -0.39 is 38.4 Å². The Balaban J connectivity index is 0.000000262. The first kappa shape index (κ1) is 17.1. The predicted molar refractivity (Wildman–Crippen MR) is 69.1 cm³/mol. The maximum Gasteiger partial charge on any atom is 0.341 e. The van der Waals surface area contributed by atoms with Crippen LogP contribution in [0.3, 0.4) is 0 Å². The van der Waals surface area contributed by atoms with E-state index in [1.165, 1.54) is 24.8 Å². The van der Waals surface area contributed by atoms with Crippen LogP contribution in [0.2, 0.25) is 0 Å². The summed E-state index contributed by atoms with van der Waals surface area (Å²) in [6.07, 6.45) is 5.54. The number of aromatic carboxylic acids is 1. The van der Waals surface area contributed by atoms with Crippen LogP contribution >= 0.6 is 22.6 Å². The summed E-state index contributed by atoms with van der Waals surface area (Å²) in [5.41, 5.74) is -1.62. The lowest BCUT2D eigenvalue weighted by atomic mass is 10.2. The van der Waals surface area contributed by atoms with Crippen LogP contribution in [0, 0.1) is 32.0 Å². The molecule has 112 valence electrons. The highest BCUT2D eigenvalue weighted by Gasteiger charge is 2.27. The van der Waals surface area contributed by atoms with Gasteiger partial charge < -0.3 is 10.3 Å². The van der Waals surface area contributed by atoms with Crippen LogP contribution in [-0.2, 0) is 0 Å². The molecule has 1 aromatic heterocycles. The van der Waals surface area contributed by atoms with E-state index in [-0.39, 0.29) is 0 Å². The summed E-state index contributed by atoms with van der Waals surface area (Å²) in [5.74, 6) is -9.28. The molecule has 5 nitrogen and oxygen atoms in total. The Hall–Kier alpha value is -1.98. The molecule has 0 amide bonds. The van der Waals surface area contributed by atoms with Crippen LogP contribution in [0.4, 0.5) is 17.6 Å². The van der Waals surface area contributed by atoms with Gasteiger partial charge in [-0.25, -0.2) is 22.4 Å². The van der Waals surface area contributed by atoms with Crippen molar-refractivity contribution in [3.63, 3.8) is 0 Å². The molecule has 0 aliphatic heterocycles. The minimum atomic E-state index is -2.06. The number of nitrogens with zero attached hydrogens (tertiary/aromatic N) is 2. The minimum Gasteiger partial charge on any atom is -0.619 e. The van der Waals surface area contributed by atoms with Gasteiger partial charge in [-0.05, 0) is 22.6 Å². The number of hydrogen-bond donors (Lipinski definition) is 1. The molecule has 0 saturated carbocycles. The van der Waals surface area contributed by atoms with Crippen LogP contribution in [-0.4, -0.2) is 16.1 Å². The van der Waals surface area contributed by atoms with Crippen molar-refractivity contribution in [1.29, 1.82) is 0 Å². The van der Waals surface area contributed by atoms with Gasteiger partial charge >= 0.3 is 5.97 Å². The maximum atomic E-state index is 12.8. The van der Waals surface area contributed by atoms with Crippen molar-refractivity contribution in [3.05, 3.63) is 62.4 Å². The van der Waals surface area contributed by atoms with E-state index >= 15 is 0 Å². The highest BCUT2D eigenvalue weighted by atomic mass is 127. The van der Waals surface area contributed by atoms with Crippen LogP contribution in [0.15, 0.2) is 24.8 Å². The van der Waals surface area contributed by atoms with Crippen molar-refractivity contribution in [3.8, 4) is 0 Å². The summed E-state index contributed by atoms with van der Waals surface area (Å²) in [6, 6.07) is 0. The maximum absolute atomic E-state index is 12.8. The normalized spacial score (nSPS) is 9.76. The third-order valence-electron chi connectivity index (χ3n) is 2.02. The largest absolute Gasteiger partial charge is 0.619 e. The zero-order valence-electron chi connectivity index (χ0n) is 9.86. The van der Waals surface area contributed by atoms with Gasteiger partial charge in [-0.2, -0.15) is 4.73 Å². The van der Waals surface area contributed by atoms with Gasteiger partial charge in [0.2, 0.25) is 0 Å². The van der Waals surface area contributed by atoms with Crippen LogP contribution in [0.25, 0.3) is 0 Å². The van der Waals surface area contributed by atoms with Gasteiger partial charge in [0.15, 0.2) is 35.7 Å². The topological polar surface area (TPSA) is 77.1 Å². The minimum absolute atomic E-state index is 0.688. The quantitative estimate of drug-likeness (QED) is 0.193. The summed E-state index contributed by atoms with van der Waals surface area (Å²) in [5, 5.41) is 18.4. The highest BCUT2D eigenvalue weighted by Crippen LogP contribution is 2.25. The average molecular weight is 416 g/mol. The Labute approximate surface area is 128 Å². The molecule has 0 atom stereocenters. The van der Waals surface area contributed by atoms with Gasteiger partial charge in [0.1, 0.15) is 5.56 Å². The summed E-state index contributed by atoms with van der Waals surface area (Å²) in [4.78, 5) is 13.9. The Morgan fingerprint density at radius 2 is 1.52 bits per heavy atom. The van der Waals surface area contributed by atoms with E-state index in [2.05, 4.69) is 4.98 Å². The van der Waals surface area contributed by atoms with Crippen molar-refractivity contribution in [2.24, 2.45) is 0 Å². The van der Waals surface area contributed by atoms with Gasteiger partial charge in [-0.1, -0.05) is 0 Å². The monoisotopic (exact) mass is 416 g/mol. The molecule has 0 aliphatic carbocycles. The van der Waals surface area contributed by atoms with Gasteiger partial charge in [0.05, 0.1) is 16.0 Å². The molecule has 0 unspecified atom stereocenters. The first-order valence-corrected chi connectivity index (χ1v) is 6.08. The molecule has 1 N–H and O–H groups in total. The van der Waals surface area contributed by atoms with Crippen molar-refractivity contribution >= 4 is 28.6 Å². The Morgan fingerprint density at radius 3 is 1.81 bits per heavy atom. The smallest absolute Gasteiger partial charge is 0.341 e. The molecule has 0 aliphatic rings. The number of carbonyl (C=O) groups is 1. The number of carboxylic acids is 1. The first-order valence-electron chi connectivity index (χ1n) is 5.00. The lowest BCUT2D eigenvalue weighted by molar-refractivity contribution is -0.606. The molecular weight excluding hydrogens is 411 g/mol. The first-order chi connectivity index (χ1) is 9.77. The molecule has 10 heteroatoms. The van der Waals surface area contributed by atoms with E-state index in [9.17, 15) is 27.6 Å². The van der Waals surface area contributed by atoms with Crippen molar-refractivity contribution in [2.75, 3.05) is 0 Å². The van der Waals surface area contributed by atoms with Crippen molar-refractivity contribution < 1.29 is 32.2 Å². The summed E-state index contributed by atoms with van der Waals surface area (Å²) in [6.45, 7) is 0. The highest BCUT2D eigenvalue weighted by molar-refractivity contribution is 14.1. The Morgan fingerprint density at radius 1 is 1.10 bits per heavy atom. The van der Waals surface area contributed by atoms with Crippen molar-refractivity contribution in [2.45, 2.75) is 0 Å². The average Bonchev–Trinajstić information content (AvgIpc) is 2.44. The predicted octanol–water partition coefficient (Wildman–Crippen LogP) is 2.26. The van der Waals surface area contributed by atoms with Gasteiger partial charge in [0, 0.05) is 0 Å². The summed E-state index contributed by atoms with van der Waals surface area (Å²) >= 11 is 1.04. The Kier molecular flexibility index (Phi) is 5.81. The lowest BCUT2D eigenvalue weighted by Crippen LogP contribution is -2.23. The number of aromatic nitrogens is 2. The second kappa shape index (κ2) is 7.15. The van der Waals surface area contributed by atoms with E-state index in [0.29, 0.717) is 4.73 Å². The fraction of sp³-hybridized carbons (Fsp3) is 0. The number of carboxylic acid groups (broad SMARTS) is 1. The molecular formula is C11H5F4IN2O3. The molecule has 1 heterocycles. The molecule has 2 aromatic rings. The third kappa shape index (κ3) is 4.00. The second-order valence-corrected chi connectivity index (χ2v) is 4.43. The number of rotatable bonds is 1. The molecule has 0 saturated heterocycles. The molecule has 21 heavy (non-hydrogen) atoms.